The molecular formula is C16H24ClN3O2. The second-order valence-electron chi connectivity index (χ2n) is 6.74. The lowest BCUT2D eigenvalue weighted by atomic mass is 10.1. The molecule has 1 amide bonds. The second kappa shape index (κ2) is 6.73. The Labute approximate surface area is 137 Å². The van der Waals surface area contributed by atoms with Crippen molar-refractivity contribution in [1.29, 1.82) is 0 Å². The van der Waals surface area contributed by atoms with Crippen LogP contribution < -0.4 is 5.32 Å². The molecule has 1 aromatic heterocycles. The predicted octanol–water partition coefficient (Wildman–Crippen LogP) is 3.85. The van der Waals surface area contributed by atoms with Crippen molar-refractivity contribution >= 4 is 23.4 Å². The summed E-state index contributed by atoms with van der Waals surface area (Å²) in [6.45, 7) is 8.95. The zero-order chi connectivity index (χ0) is 16.3. The van der Waals surface area contributed by atoms with Gasteiger partial charge in [-0.05, 0) is 52.2 Å². The van der Waals surface area contributed by atoms with Gasteiger partial charge in [-0.3, -0.25) is 0 Å². The monoisotopic (exact) mass is 325 g/mol. The molecule has 0 spiro atoms. The molecule has 2 heterocycles. The largest absolute Gasteiger partial charge is 0.444 e. The number of ether oxygens (including phenoxy) is 1. The lowest BCUT2D eigenvalue weighted by Crippen LogP contribution is -2.47. The molecule has 1 N–H and O–H groups in total. The Balaban J connectivity index is 1.95. The first kappa shape index (κ1) is 16.9. The van der Waals surface area contributed by atoms with E-state index in [1.165, 1.54) is 0 Å². The summed E-state index contributed by atoms with van der Waals surface area (Å²) in [4.78, 5) is 18.1. The van der Waals surface area contributed by atoms with Gasteiger partial charge in [0.15, 0.2) is 0 Å². The summed E-state index contributed by atoms with van der Waals surface area (Å²) in [6, 6.07) is 2.17. The van der Waals surface area contributed by atoms with E-state index in [9.17, 15) is 4.79 Å². The van der Waals surface area contributed by atoms with Crippen LogP contribution in [-0.4, -0.2) is 40.7 Å². The highest BCUT2D eigenvalue weighted by molar-refractivity contribution is 6.30. The third-order valence-corrected chi connectivity index (χ3v) is 3.85. The SMILES string of the molecule is Cc1cc(NC2CCCN(C(=O)OC(C)(C)C)C2)cnc1Cl. The zero-order valence-electron chi connectivity index (χ0n) is 13.6. The van der Waals surface area contributed by atoms with Gasteiger partial charge in [-0.1, -0.05) is 11.6 Å². The van der Waals surface area contributed by atoms with Crippen LogP contribution in [0.4, 0.5) is 10.5 Å². The first-order valence-corrected chi connectivity index (χ1v) is 7.99. The van der Waals surface area contributed by atoms with Crippen LogP contribution in [0.5, 0.6) is 0 Å². The fourth-order valence-corrected chi connectivity index (χ4v) is 2.56. The molecule has 1 saturated heterocycles. The van der Waals surface area contributed by atoms with Gasteiger partial charge in [0.2, 0.25) is 0 Å². The number of pyridine rings is 1. The van der Waals surface area contributed by atoms with Crippen LogP contribution in [0.15, 0.2) is 12.3 Å². The van der Waals surface area contributed by atoms with E-state index in [-0.39, 0.29) is 12.1 Å². The fraction of sp³-hybridized carbons (Fsp3) is 0.625. The van der Waals surface area contributed by atoms with Gasteiger partial charge in [-0.15, -0.1) is 0 Å². The molecular weight excluding hydrogens is 302 g/mol. The normalized spacial score (nSPS) is 19.0. The number of carbonyl (C=O) groups excluding carboxylic acids is 1. The maximum absolute atomic E-state index is 12.2. The van der Waals surface area contributed by atoms with Gasteiger partial charge in [0.1, 0.15) is 10.8 Å². The Hall–Kier alpha value is -1.49. The maximum Gasteiger partial charge on any atom is 0.410 e. The summed E-state index contributed by atoms with van der Waals surface area (Å²) in [6.07, 6.45) is 3.45. The Morgan fingerprint density at radius 3 is 2.86 bits per heavy atom. The van der Waals surface area contributed by atoms with Crippen LogP contribution in [0.25, 0.3) is 0 Å². The highest BCUT2D eigenvalue weighted by Gasteiger charge is 2.27. The maximum atomic E-state index is 12.2. The Bertz CT molecular complexity index is 543. The lowest BCUT2D eigenvalue weighted by molar-refractivity contribution is 0.0206. The highest BCUT2D eigenvalue weighted by Crippen LogP contribution is 2.21. The number of piperidine rings is 1. The number of aryl methyl sites for hydroxylation is 1. The molecule has 0 aliphatic carbocycles. The molecule has 1 aliphatic heterocycles. The summed E-state index contributed by atoms with van der Waals surface area (Å²) in [5, 5.41) is 3.94. The number of anilines is 1. The standard InChI is InChI=1S/C16H24ClN3O2/c1-11-8-13(9-18-14(11)17)19-12-6-5-7-20(10-12)15(21)22-16(2,3)4/h8-9,12,19H,5-7,10H2,1-4H3. The van der Waals surface area contributed by atoms with Gasteiger partial charge in [0, 0.05) is 19.1 Å². The van der Waals surface area contributed by atoms with E-state index in [2.05, 4.69) is 10.3 Å². The molecule has 0 saturated carbocycles. The number of rotatable bonds is 2. The average molecular weight is 326 g/mol. The minimum absolute atomic E-state index is 0.198. The molecule has 1 aliphatic rings. The summed E-state index contributed by atoms with van der Waals surface area (Å²) in [5.74, 6) is 0. The summed E-state index contributed by atoms with van der Waals surface area (Å²) in [7, 11) is 0. The number of carbonyl (C=O) groups is 1. The molecule has 122 valence electrons. The Kier molecular flexibility index (Phi) is 5.16. The minimum Gasteiger partial charge on any atom is -0.444 e. The molecule has 0 radical (unpaired) electrons. The number of hydrogen-bond acceptors (Lipinski definition) is 4. The van der Waals surface area contributed by atoms with Crippen molar-refractivity contribution in [2.24, 2.45) is 0 Å². The summed E-state index contributed by atoms with van der Waals surface area (Å²) >= 11 is 5.94. The molecule has 22 heavy (non-hydrogen) atoms. The third-order valence-electron chi connectivity index (χ3n) is 3.46. The van der Waals surface area contributed by atoms with E-state index in [1.807, 2.05) is 33.8 Å². The Morgan fingerprint density at radius 2 is 2.23 bits per heavy atom. The van der Waals surface area contributed by atoms with Gasteiger partial charge in [0.05, 0.1) is 11.9 Å². The van der Waals surface area contributed by atoms with Crippen molar-refractivity contribution in [3.05, 3.63) is 23.0 Å². The Morgan fingerprint density at radius 1 is 1.50 bits per heavy atom. The topological polar surface area (TPSA) is 54.5 Å². The molecule has 1 atom stereocenters. The first-order chi connectivity index (χ1) is 10.2. The molecule has 1 fully saturated rings. The first-order valence-electron chi connectivity index (χ1n) is 7.61. The molecule has 2 rings (SSSR count). The van der Waals surface area contributed by atoms with Crippen LogP contribution in [0.3, 0.4) is 0 Å². The third kappa shape index (κ3) is 4.77. The highest BCUT2D eigenvalue weighted by atomic mass is 35.5. The van der Waals surface area contributed by atoms with Gasteiger partial charge in [0.25, 0.3) is 0 Å². The van der Waals surface area contributed by atoms with Crippen LogP contribution in [0.2, 0.25) is 5.15 Å². The van der Waals surface area contributed by atoms with Crippen molar-refractivity contribution in [3.63, 3.8) is 0 Å². The quantitative estimate of drug-likeness (QED) is 0.839. The minimum atomic E-state index is -0.464. The van der Waals surface area contributed by atoms with Gasteiger partial charge in [-0.25, -0.2) is 9.78 Å². The van der Waals surface area contributed by atoms with E-state index in [0.717, 1.165) is 30.6 Å². The van der Waals surface area contributed by atoms with Crippen LogP contribution in [-0.2, 0) is 4.74 Å². The second-order valence-corrected chi connectivity index (χ2v) is 7.10. The van der Waals surface area contributed by atoms with Crippen molar-refractivity contribution in [2.75, 3.05) is 18.4 Å². The summed E-state index contributed by atoms with van der Waals surface area (Å²) < 4.78 is 5.44. The molecule has 0 aromatic carbocycles. The predicted molar refractivity (Wildman–Crippen MR) is 88.4 cm³/mol. The van der Waals surface area contributed by atoms with Gasteiger partial charge < -0.3 is 15.0 Å². The zero-order valence-corrected chi connectivity index (χ0v) is 14.4. The fourth-order valence-electron chi connectivity index (χ4n) is 2.46. The van der Waals surface area contributed by atoms with Crippen molar-refractivity contribution in [2.45, 2.75) is 52.2 Å². The lowest BCUT2D eigenvalue weighted by Gasteiger charge is -2.34. The number of nitrogens with zero attached hydrogens (tertiary/aromatic N) is 2. The number of nitrogens with one attached hydrogen (secondary N) is 1. The van der Waals surface area contributed by atoms with Crippen LogP contribution >= 0.6 is 11.6 Å². The van der Waals surface area contributed by atoms with E-state index in [4.69, 9.17) is 16.3 Å². The van der Waals surface area contributed by atoms with E-state index in [1.54, 1.807) is 11.1 Å². The van der Waals surface area contributed by atoms with Crippen LogP contribution in [0, 0.1) is 6.92 Å². The number of halogens is 1. The molecule has 1 aromatic rings. The van der Waals surface area contributed by atoms with Crippen molar-refractivity contribution < 1.29 is 9.53 Å². The van der Waals surface area contributed by atoms with Crippen LogP contribution in [0.1, 0.15) is 39.2 Å². The van der Waals surface area contributed by atoms with Crippen molar-refractivity contribution in [3.8, 4) is 0 Å². The number of likely N-dealkylation sites (tertiary alicyclic amines) is 1. The molecule has 5 nitrogen and oxygen atoms in total. The van der Waals surface area contributed by atoms with E-state index in [0.29, 0.717) is 11.7 Å². The number of amides is 1. The molecule has 1 unspecified atom stereocenters. The van der Waals surface area contributed by atoms with Gasteiger partial charge >= 0.3 is 6.09 Å². The number of aromatic nitrogens is 1. The smallest absolute Gasteiger partial charge is 0.410 e. The van der Waals surface area contributed by atoms with Crippen molar-refractivity contribution in [1.82, 2.24) is 9.88 Å². The average Bonchev–Trinajstić information content (AvgIpc) is 2.41. The molecule has 6 heteroatoms. The number of hydrogen-bond donors (Lipinski definition) is 1. The van der Waals surface area contributed by atoms with E-state index < -0.39 is 5.60 Å². The van der Waals surface area contributed by atoms with Gasteiger partial charge in [-0.2, -0.15) is 0 Å². The summed E-state index contributed by atoms with van der Waals surface area (Å²) in [5.41, 5.74) is 1.40. The molecule has 0 bridgehead atoms. The van der Waals surface area contributed by atoms with E-state index >= 15 is 0 Å².